The highest BCUT2D eigenvalue weighted by Crippen LogP contribution is 2.27. The molecule has 0 radical (unpaired) electrons. The van der Waals surface area contributed by atoms with E-state index in [0.29, 0.717) is 41.8 Å². The fourth-order valence-corrected chi connectivity index (χ4v) is 4.80. The lowest BCUT2D eigenvalue weighted by molar-refractivity contribution is 0.0897. The van der Waals surface area contributed by atoms with Crippen LogP contribution in [0.15, 0.2) is 47.3 Å². The van der Waals surface area contributed by atoms with Crippen LogP contribution in [0.25, 0.3) is 10.9 Å². The Morgan fingerprint density at radius 2 is 1.94 bits per heavy atom. The van der Waals surface area contributed by atoms with E-state index >= 15 is 0 Å². The van der Waals surface area contributed by atoms with Gasteiger partial charge in [-0.05, 0) is 84.7 Å². The molecule has 1 saturated heterocycles. The van der Waals surface area contributed by atoms with Crippen molar-refractivity contribution in [3.63, 3.8) is 0 Å². The quantitative estimate of drug-likeness (QED) is 0.397. The number of hydrogen-bond acceptors (Lipinski definition) is 5. The number of hydrogen-bond donors (Lipinski definition) is 2. The zero-order chi connectivity index (χ0) is 25.5. The SMILES string of the molecule is CCc1ccc2[nH]c(=O)c(CN(C[C@@H]3CCCO3)C(=S)NCCc3ccc(OC)c(OC)c3)cc2c1. The third kappa shape index (κ3) is 6.36. The average Bonchev–Trinajstić information content (AvgIpc) is 3.41. The maximum absolute atomic E-state index is 12.9. The molecule has 0 unspecified atom stereocenters. The summed E-state index contributed by atoms with van der Waals surface area (Å²) in [6.07, 6.45) is 3.88. The van der Waals surface area contributed by atoms with Gasteiger partial charge in [-0.15, -0.1) is 0 Å². The van der Waals surface area contributed by atoms with E-state index in [1.54, 1.807) is 14.2 Å². The molecule has 7 nitrogen and oxygen atoms in total. The first kappa shape index (κ1) is 26.0. The number of rotatable bonds is 10. The maximum Gasteiger partial charge on any atom is 0.253 e. The van der Waals surface area contributed by atoms with E-state index in [1.807, 2.05) is 30.3 Å². The highest BCUT2D eigenvalue weighted by atomic mass is 32.1. The summed E-state index contributed by atoms with van der Waals surface area (Å²) in [5, 5.41) is 5.04. The number of nitrogens with zero attached hydrogens (tertiary/aromatic N) is 1. The Morgan fingerprint density at radius 1 is 1.14 bits per heavy atom. The first-order valence-corrected chi connectivity index (χ1v) is 12.9. The smallest absolute Gasteiger partial charge is 0.253 e. The summed E-state index contributed by atoms with van der Waals surface area (Å²) in [6, 6.07) is 14.1. The normalized spacial score (nSPS) is 15.1. The van der Waals surface area contributed by atoms with Crippen LogP contribution in [0.3, 0.4) is 0 Å². The molecular weight excluding hydrogens is 474 g/mol. The molecule has 3 aromatic rings. The van der Waals surface area contributed by atoms with Gasteiger partial charge in [-0.3, -0.25) is 4.79 Å². The summed E-state index contributed by atoms with van der Waals surface area (Å²) in [5.41, 5.74) is 3.81. The Kier molecular flexibility index (Phi) is 8.83. The molecule has 1 atom stereocenters. The van der Waals surface area contributed by atoms with Crippen LogP contribution in [0, 0.1) is 0 Å². The number of aromatic amines is 1. The summed E-state index contributed by atoms with van der Waals surface area (Å²) < 4.78 is 16.6. The fraction of sp³-hybridized carbons (Fsp3) is 0.429. The Labute approximate surface area is 217 Å². The molecule has 8 heteroatoms. The number of fused-ring (bicyclic) bond motifs is 1. The van der Waals surface area contributed by atoms with Gasteiger partial charge in [0, 0.05) is 30.8 Å². The molecule has 0 saturated carbocycles. The first-order valence-electron chi connectivity index (χ1n) is 12.5. The van der Waals surface area contributed by atoms with Crippen LogP contribution in [-0.2, 0) is 24.1 Å². The maximum atomic E-state index is 12.9. The molecule has 36 heavy (non-hydrogen) atoms. The predicted octanol–water partition coefficient (Wildman–Crippen LogP) is 4.21. The molecule has 0 amide bonds. The van der Waals surface area contributed by atoms with Crippen LogP contribution >= 0.6 is 12.2 Å². The number of benzene rings is 2. The summed E-state index contributed by atoms with van der Waals surface area (Å²) in [4.78, 5) is 18.0. The van der Waals surface area contributed by atoms with E-state index < -0.39 is 0 Å². The Bertz CT molecular complexity index is 1250. The molecular formula is C28H35N3O4S. The molecule has 1 fully saturated rings. The second-order valence-corrected chi connectivity index (χ2v) is 9.47. The number of pyridine rings is 1. The second kappa shape index (κ2) is 12.2. The van der Waals surface area contributed by atoms with E-state index in [0.717, 1.165) is 48.8 Å². The first-order chi connectivity index (χ1) is 17.5. The Morgan fingerprint density at radius 3 is 2.67 bits per heavy atom. The summed E-state index contributed by atoms with van der Waals surface area (Å²) in [5.74, 6) is 1.42. The fourth-order valence-electron chi connectivity index (χ4n) is 4.56. The molecule has 1 aromatic heterocycles. The van der Waals surface area contributed by atoms with Crippen LogP contribution < -0.4 is 20.3 Å². The van der Waals surface area contributed by atoms with Gasteiger partial charge in [-0.25, -0.2) is 0 Å². The van der Waals surface area contributed by atoms with Gasteiger partial charge >= 0.3 is 0 Å². The van der Waals surface area contributed by atoms with Gasteiger partial charge in [0.15, 0.2) is 16.6 Å². The van der Waals surface area contributed by atoms with E-state index in [2.05, 4.69) is 34.3 Å². The molecule has 1 aliphatic rings. The topological polar surface area (TPSA) is 75.8 Å². The molecule has 4 rings (SSSR count). The summed E-state index contributed by atoms with van der Waals surface area (Å²) in [7, 11) is 3.26. The number of aryl methyl sites for hydroxylation is 1. The van der Waals surface area contributed by atoms with Crippen molar-refractivity contribution in [2.45, 2.75) is 45.3 Å². The summed E-state index contributed by atoms with van der Waals surface area (Å²) in [6.45, 7) is 4.63. The van der Waals surface area contributed by atoms with Gasteiger partial charge in [0.1, 0.15) is 0 Å². The molecule has 1 aliphatic heterocycles. The van der Waals surface area contributed by atoms with E-state index in [9.17, 15) is 4.79 Å². The molecule has 2 N–H and O–H groups in total. The third-order valence-electron chi connectivity index (χ3n) is 6.63. The standard InChI is InChI=1S/C28H35N3O4S/c1-4-19-7-9-24-21(14-19)16-22(27(32)30-24)17-31(18-23-6-5-13-35-23)28(36)29-12-11-20-8-10-25(33-2)26(15-20)34-3/h7-10,14-16,23H,4-6,11-13,17-18H2,1-3H3,(H,29,36)(H,30,32)/t23-/m0/s1. The zero-order valence-electron chi connectivity index (χ0n) is 21.3. The van der Waals surface area contributed by atoms with Crippen molar-refractivity contribution in [3.8, 4) is 11.5 Å². The molecule has 0 aliphatic carbocycles. The Balaban J connectivity index is 1.47. The molecule has 0 bridgehead atoms. The van der Waals surface area contributed by atoms with Gasteiger partial charge in [0.05, 0.1) is 26.9 Å². The number of thiocarbonyl (C=S) groups is 1. The van der Waals surface area contributed by atoms with Crippen molar-refractivity contribution in [3.05, 3.63) is 69.5 Å². The number of methoxy groups -OCH3 is 2. The third-order valence-corrected chi connectivity index (χ3v) is 7.03. The minimum Gasteiger partial charge on any atom is -0.493 e. The van der Waals surface area contributed by atoms with Gasteiger partial charge in [-0.1, -0.05) is 19.1 Å². The number of aromatic nitrogens is 1. The minimum atomic E-state index is -0.0859. The van der Waals surface area contributed by atoms with Gasteiger partial charge in [-0.2, -0.15) is 0 Å². The summed E-state index contributed by atoms with van der Waals surface area (Å²) >= 11 is 5.79. The van der Waals surface area contributed by atoms with Crippen LogP contribution in [0.5, 0.6) is 11.5 Å². The lowest BCUT2D eigenvalue weighted by atomic mass is 10.1. The molecule has 2 aromatic carbocycles. The van der Waals surface area contributed by atoms with Crippen molar-refractivity contribution >= 4 is 28.2 Å². The van der Waals surface area contributed by atoms with Crippen molar-refractivity contribution < 1.29 is 14.2 Å². The lowest BCUT2D eigenvalue weighted by Crippen LogP contribution is -2.44. The van der Waals surface area contributed by atoms with Crippen molar-refractivity contribution in [1.82, 2.24) is 15.2 Å². The number of ether oxygens (including phenoxy) is 3. The van der Waals surface area contributed by atoms with Gasteiger partial charge in [0.2, 0.25) is 0 Å². The molecule has 0 spiro atoms. The lowest BCUT2D eigenvalue weighted by Gasteiger charge is -2.28. The van der Waals surface area contributed by atoms with Gasteiger partial charge in [0.25, 0.3) is 5.56 Å². The molecule has 192 valence electrons. The highest BCUT2D eigenvalue weighted by molar-refractivity contribution is 7.80. The van der Waals surface area contributed by atoms with E-state index in [4.69, 9.17) is 26.4 Å². The number of nitrogens with one attached hydrogen (secondary N) is 2. The van der Waals surface area contributed by atoms with Crippen molar-refractivity contribution in [2.24, 2.45) is 0 Å². The minimum absolute atomic E-state index is 0.0859. The van der Waals surface area contributed by atoms with Crippen LogP contribution in [0.1, 0.15) is 36.5 Å². The zero-order valence-corrected chi connectivity index (χ0v) is 22.1. The van der Waals surface area contributed by atoms with Crippen molar-refractivity contribution in [2.75, 3.05) is 33.9 Å². The highest BCUT2D eigenvalue weighted by Gasteiger charge is 2.22. The second-order valence-electron chi connectivity index (χ2n) is 9.09. The van der Waals surface area contributed by atoms with Crippen molar-refractivity contribution in [1.29, 1.82) is 0 Å². The monoisotopic (exact) mass is 509 g/mol. The van der Waals surface area contributed by atoms with E-state index in [1.165, 1.54) is 5.56 Å². The Hall–Kier alpha value is -3.10. The van der Waals surface area contributed by atoms with E-state index in [-0.39, 0.29) is 11.7 Å². The largest absolute Gasteiger partial charge is 0.493 e. The van der Waals surface area contributed by atoms with Gasteiger partial charge < -0.3 is 29.4 Å². The number of H-pyrrole nitrogens is 1. The van der Waals surface area contributed by atoms with Crippen LogP contribution in [-0.4, -0.2) is 55.0 Å². The molecule has 2 heterocycles. The predicted molar refractivity (Wildman–Crippen MR) is 147 cm³/mol. The average molecular weight is 510 g/mol. The van der Waals surface area contributed by atoms with Crippen LogP contribution in [0.2, 0.25) is 0 Å². The van der Waals surface area contributed by atoms with Crippen LogP contribution in [0.4, 0.5) is 0 Å².